The lowest BCUT2D eigenvalue weighted by atomic mass is 9.91. The summed E-state index contributed by atoms with van der Waals surface area (Å²) in [4.78, 5) is 0. The summed E-state index contributed by atoms with van der Waals surface area (Å²) in [5.41, 5.74) is 3.51. The second-order valence-corrected chi connectivity index (χ2v) is 4.62. The number of fused-ring (bicyclic) bond motifs is 1. The van der Waals surface area contributed by atoms with E-state index in [9.17, 15) is 0 Å². The van der Waals surface area contributed by atoms with E-state index < -0.39 is 0 Å². The van der Waals surface area contributed by atoms with Crippen LogP contribution in [0.3, 0.4) is 0 Å². The van der Waals surface area contributed by atoms with E-state index in [1.807, 2.05) is 0 Å². The monoisotopic (exact) mass is 154 g/mol. The molecule has 0 amide bonds. The van der Waals surface area contributed by atoms with Crippen LogP contribution in [0.25, 0.3) is 0 Å². The molecule has 0 spiro atoms. The zero-order chi connectivity index (χ0) is 6.97. The van der Waals surface area contributed by atoms with Gasteiger partial charge in [0.2, 0.25) is 0 Å². The molecule has 1 aliphatic carbocycles. The molecule has 1 atom stereocenters. The highest BCUT2D eigenvalue weighted by molar-refractivity contribution is 8.00. The molecule has 0 saturated carbocycles. The van der Waals surface area contributed by atoms with Gasteiger partial charge in [-0.1, -0.05) is 11.1 Å². The van der Waals surface area contributed by atoms with Gasteiger partial charge in [-0.3, -0.25) is 0 Å². The van der Waals surface area contributed by atoms with Crippen molar-refractivity contribution in [2.45, 2.75) is 37.9 Å². The minimum absolute atomic E-state index is 0.939. The van der Waals surface area contributed by atoms with Crippen molar-refractivity contribution in [2.24, 2.45) is 0 Å². The Hall–Kier alpha value is 0.0900. The van der Waals surface area contributed by atoms with Crippen LogP contribution in [0.1, 0.15) is 32.6 Å². The minimum atomic E-state index is 0.939. The van der Waals surface area contributed by atoms with Crippen LogP contribution in [0.5, 0.6) is 0 Å². The second kappa shape index (κ2) is 2.61. The van der Waals surface area contributed by atoms with Crippen molar-refractivity contribution in [1.82, 2.24) is 0 Å². The van der Waals surface area contributed by atoms with E-state index in [1.54, 1.807) is 11.1 Å². The molecule has 10 heavy (non-hydrogen) atoms. The number of hydrogen-bond donors (Lipinski definition) is 0. The summed E-state index contributed by atoms with van der Waals surface area (Å²) in [7, 11) is 0. The zero-order valence-electron chi connectivity index (χ0n) is 6.52. The summed E-state index contributed by atoms with van der Waals surface area (Å²) in [6.45, 7) is 2.33. The van der Waals surface area contributed by atoms with Crippen molar-refractivity contribution in [3.63, 3.8) is 0 Å². The Labute approximate surface area is 67.1 Å². The standard InChI is InChI=1S/C9H14S/c1-7-3-2-4-9-8(7)5-6-10-9/h9H,2-6H2,1H3. The zero-order valence-corrected chi connectivity index (χ0v) is 7.34. The first-order valence-corrected chi connectivity index (χ1v) is 5.23. The van der Waals surface area contributed by atoms with E-state index in [0.29, 0.717) is 0 Å². The lowest BCUT2D eigenvalue weighted by Crippen LogP contribution is -2.08. The fraction of sp³-hybridized carbons (Fsp3) is 0.778. The van der Waals surface area contributed by atoms with Crippen LogP contribution >= 0.6 is 11.8 Å². The first-order chi connectivity index (χ1) is 4.88. The van der Waals surface area contributed by atoms with Gasteiger partial charge in [-0.15, -0.1) is 0 Å². The Bertz CT molecular complexity index is 170. The lowest BCUT2D eigenvalue weighted by molar-refractivity contribution is 0.680. The van der Waals surface area contributed by atoms with Crippen molar-refractivity contribution >= 4 is 11.8 Å². The summed E-state index contributed by atoms with van der Waals surface area (Å²) in [6.07, 6.45) is 5.66. The van der Waals surface area contributed by atoms with Crippen LogP contribution in [0.4, 0.5) is 0 Å². The molecule has 0 N–H and O–H groups in total. The molecule has 0 aromatic carbocycles. The third-order valence-electron chi connectivity index (χ3n) is 2.65. The second-order valence-electron chi connectivity index (χ2n) is 3.31. The molecule has 2 rings (SSSR count). The molecule has 1 heterocycles. The van der Waals surface area contributed by atoms with E-state index >= 15 is 0 Å². The Kier molecular flexibility index (Phi) is 1.77. The highest BCUT2D eigenvalue weighted by Gasteiger charge is 2.25. The van der Waals surface area contributed by atoms with Crippen molar-refractivity contribution in [3.05, 3.63) is 11.1 Å². The fourth-order valence-electron chi connectivity index (χ4n) is 2.03. The van der Waals surface area contributed by atoms with Crippen molar-refractivity contribution < 1.29 is 0 Å². The van der Waals surface area contributed by atoms with Crippen LogP contribution in [0, 0.1) is 0 Å². The van der Waals surface area contributed by atoms with Gasteiger partial charge >= 0.3 is 0 Å². The molecular formula is C9H14S. The first-order valence-electron chi connectivity index (χ1n) is 4.18. The van der Waals surface area contributed by atoms with Crippen LogP contribution in [-0.2, 0) is 0 Å². The molecular weight excluding hydrogens is 140 g/mol. The van der Waals surface area contributed by atoms with Gasteiger partial charge in [0.15, 0.2) is 0 Å². The molecule has 0 radical (unpaired) electrons. The molecule has 0 aromatic rings. The number of rotatable bonds is 0. The van der Waals surface area contributed by atoms with Gasteiger partial charge in [0.05, 0.1) is 0 Å². The van der Waals surface area contributed by atoms with E-state index in [0.717, 1.165) is 5.25 Å². The van der Waals surface area contributed by atoms with E-state index in [-0.39, 0.29) is 0 Å². The molecule has 1 aliphatic heterocycles. The average Bonchev–Trinajstić information content (AvgIpc) is 2.36. The number of hydrogen-bond acceptors (Lipinski definition) is 1. The molecule has 0 bridgehead atoms. The van der Waals surface area contributed by atoms with Gasteiger partial charge in [-0.25, -0.2) is 0 Å². The van der Waals surface area contributed by atoms with E-state index in [2.05, 4.69) is 18.7 Å². The summed E-state index contributed by atoms with van der Waals surface area (Å²) in [5.74, 6) is 1.39. The van der Waals surface area contributed by atoms with Crippen molar-refractivity contribution in [2.75, 3.05) is 5.75 Å². The third kappa shape index (κ3) is 1.01. The van der Waals surface area contributed by atoms with Crippen LogP contribution in [0.15, 0.2) is 11.1 Å². The fourth-order valence-corrected chi connectivity index (χ4v) is 3.51. The van der Waals surface area contributed by atoms with E-state index in [1.165, 1.54) is 31.4 Å². The summed E-state index contributed by atoms with van der Waals surface area (Å²) in [5, 5.41) is 0.939. The predicted octanol–water partition coefficient (Wildman–Crippen LogP) is 2.99. The summed E-state index contributed by atoms with van der Waals surface area (Å²) >= 11 is 2.17. The predicted molar refractivity (Wildman–Crippen MR) is 47.4 cm³/mol. The van der Waals surface area contributed by atoms with Crippen LogP contribution in [-0.4, -0.2) is 11.0 Å². The number of allylic oxidation sites excluding steroid dienone is 1. The van der Waals surface area contributed by atoms with Crippen molar-refractivity contribution in [3.8, 4) is 0 Å². The van der Waals surface area contributed by atoms with Gasteiger partial charge in [0.1, 0.15) is 0 Å². The topological polar surface area (TPSA) is 0 Å². The smallest absolute Gasteiger partial charge is 0.0259 e. The normalized spacial score (nSPS) is 32.7. The van der Waals surface area contributed by atoms with E-state index in [4.69, 9.17) is 0 Å². The maximum Gasteiger partial charge on any atom is 0.0259 e. The SMILES string of the molecule is CC1=C2CCSC2CCC1. The minimum Gasteiger partial charge on any atom is -0.154 e. The van der Waals surface area contributed by atoms with Crippen LogP contribution in [0.2, 0.25) is 0 Å². The highest BCUT2D eigenvalue weighted by atomic mass is 32.2. The lowest BCUT2D eigenvalue weighted by Gasteiger charge is -2.19. The van der Waals surface area contributed by atoms with Gasteiger partial charge in [0, 0.05) is 5.25 Å². The Morgan fingerprint density at radius 2 is 2.30 bits per heavy atom. The highest BCUT2D eigenvalue weighted by Crippen LogP contribution is 2.40. The van der Waals surface area contributed by atoms with Gasteiger partial charge in [0.25, 0.3) is 0 Å². The van der Waals surface area contributed by atoms with Gasteiger partial charge < -0.3 is 0 Å². The average molecular weight is 154 g/mol. The maximum absolute atomic E-state index is 2.33. The molecule has 0 nitrogen and oxygen atoms in total. The maximum atomic E-state index is 2.33. The molecule has 1 saturated heterocycles. The summed E-state index contributed by atoms with van der Waals surface area (Å²) < 4.78 is 0. The Morgan fingerprint density at radius 3 is 3.10 bits per heavy atom. The quantitative estimate of drug-likeness (QED) is 0.483. The van der Waals surface area contributed by atoms with Crippen LogP contribution < -0.4 is 0 Å². The summed E-state index contributed by atoms with van der Waals surface area (Å²) in [6, 6.07) is 0. The molecule has 56 valence electrons. The van der Waals surface area contributed by atoms with Crippen molar-refractivity contribution in [1.29, 1.82) is 0 Å². The Morgan fingerprint density at radius 1 is 1.40 bits per heavy atom. The molecule has 0 aromatic heterocycles. The number of thioether (sulfide) groups is 1. The largest absolute Gasteiger partial charge is 0.154 e. The molecule has 1 fully saturated rings. The first kappa shape index (κ1) is 6.78. The van der Waals surface area contributed by atoms with Gasteiger partial charge in [-0.05, 0) is 38.4 Å². The molecule has 2 aliphatic rings. The Balaban J connectivity index is 2.25. The van der Waals surface area contributed by atoms with Gasteiger partial charge in [-0.2, -0.15) is 11.8 Å². The molecule has 1 unspecified atom stereocenters. The molecule has 1 heteroatoms. The third-order valence-corrected chi connectivity index (χ3v) is 4.01.